The largest absolute Gasteiger partial charge is 0.494 e. The first kappa shape index (κ1) is 22.1. The summed E-state index contributed by atoms with van der Waals surface area (Å²) in [6.07, 6.45) is 4.09. The number of unbranched alkanes of at least 4 members (excludes halogenated alkanes) is 1. The van der Waals surface area contributed by atoms with E-state index < -0.39 is 0 Å². The lowest BCUT2D eigenvalue weighted by Gasteiger charge is -2.25. The first-order valence-corrected chi connectivity index (χ1v) is 10.9. The molecule has 1 aromatic carbocycles. The highest BCUT2D eigenvalue weighted by Gasteiger charge is 2.22. The molecule has 3 rings (SSSR count). The van der Waals surface area contributed by atoms with E-state index in [0.29, 0.717) is 13.2 Å². The Morgan fingerprint density at radius 1 is 1.33 bits per heavy atom. The molecule has 0 spiro atoms. The number of nitrogens with zero attached hydrogens (tertiary/aromatic N) is 4. The summed E-state index contributed by atoms with van der Waals surface area (Å²) in [4.78, 5) is 9.32. The monoisotopic (exact) mass is 414 g/mol. The number of rotatable bonds is 10. The summed E-state index contributed by atoms with van der Waals surface area (Å²) in [5.41, 5.74) is 1.13. The molecule has 1 aromatic heterocycles. The Labute approximate surface area is 179 Å². The smallest absolute Gasteiger partial charge is 0.191 e. The number of aromatic nitrogens is 3. The quantitative estimate of drug-likeness (QED) is 0.353. The predicted octanol–water partition coefficient (Wildman–Crippen LogP) is 2.67. The topological polar surface area (TPSA) is 85.6 Å². The van der Waals surface area contributed by atoms with Crippen LogP contribution in [0, 0.1) is 0 Å². The van der Waals surface area contributed by atoms with Crippen LogP contribution in [0.3, 0.4) is 0 Å². The molecule has 1 atom stereocenters. The van der Waals surface area contributed by atoms with Crippen molar-refractivity contribution >= 4 is 5.96 Å². The Morgan fingerprint density at radius 2 is 2.23 bits per heavy atom. The van der Waals surface area contributed by atoms with Gasteiger partial charge in [0.25, 0.3) is 0 Å². The van der Waals surface area contributed by atoms with Gasteiger partial charge in [0.15, 0.2) is 11.8 Å². The normalized spacial score (nSPS) is 16.2. The Bertz CT molecular complexity index is 820. The second-order valence-electron chi connectivity index (χ2n) is 7.48. The lowest BCUT2D eigenvalue weighted by atomic mass is 10.1. The molecule has 8 nitrogen and oxygen atoms in total. The molecule has 1 aliphatic rings. The van der Waals surface area contributed by atoms with E-state index in [4.69, 9.17) is 14.5 Å². The number of aryl methyl sites for hydroxylation is 1. The minimum absolute atomic E-state index is 0.260. The van der Waals surface area contributed by atoms with Crippen LogP contribution in [0.2, 0.25) is 0 Å². The van der Waals surface area contributed by atoms with E-state index in [1.165, 1.54) is 0 Å². The fourth-order valence-electron chi connectivity index (χ4n) is 3.42. The van der Waals surface area contributed by atoms with Crippen molar-refractivity contribution in [3.63, 3.8) is 0 Å². The molecule has 164 valence electrons. The molecule has 0 aliphatic carbocycles. The molecule has 2 aromatic rings. The Morgan fingerprint density at radius 3 is 3.03 bits per heavy atom. The van der Waals surface area contributed by atoms with Crippen molar-refractivity contribution in [3.05, 3.63) is 41.5 Å². The van der Waals surface area contributed by atoms with Gasteiger partial charge >= 0.3 is 0 Å². The van der Waals surface area contributed by atoms with E-state index in [-0.39, 0.29) is 6.04 Å². The van der Waals surface area contributed by atoms with Crippen LogP contribution in [0.15, 0.2) is 29.3 Å². The zero-order valence-electron chi connectivity index (χ0n) is 18.4. The molecular weight excluding hydrogens is 380 g/mol. The molecule has 0 amide bonds. The third kappa shape index (κ3) is 6.45. The SMILES string of the molecule is CCCCOc1cccc(CN=C(NCC)NC2CCc3nc(COC)nn3C2)c1. The predicted molar refractivity (Wildman–Crippen MR) is 118 cm³/mol. The highest BCUT2D eigenvalue weighted by molar-refractivity contribution is 5.80. The van der Waals surface area contributed by atoms with Gasteiger partial charge < -0.3 is 20.1 Å². The minimum Gasteiger partial charge on any atom is -0.494 e. The number of fused-ring (bicyclic) bond motifs is 1. The molecule has 0 fully saturated rings. The molecule has 2 N–H and O–H groups in total. The second-order valence-corrected chi connectivity index (χ2v) is 7.48. The van der Waals surface area contributed by atoms with Crippen LogP contribution < -0.4 is 15.4 Å². The van der Waals surface area contributed by atoms with Gasteiger partial charge in [0, 0.05) is 26.1 Å². The van der Waals surface area contributed by atoms with E-state index in [1.54, 1.807) is 7.11 Å². The van der Waals surface area contributed by atoms with Crippen molar-refractivity contribution in [2.45, 2.75) is 65.3 Å². The van der Waals surface area contributed by atoms with E-state index in [1.807, 2.05) is 16.8 Å². The summed E-state index contributed by atoms with van der Waals surface area (Å²) >= 11 is 0. The van der Waals surface area contributed by atoms with Crippen molar-refractivity contribution in [2.24, 2.45) is 4.99 Å². The number of ether oxygens (including phenoxy) is 2. The summed E-state index contributed by atoms with van der Waals surface area (Å²) in [6.45, 7) is 7.63. The zero-order chi connectivity index (χ0) is 21.2. The lowest BCUT2D eigenvalue weighted by Crippen LogP contribution is -2.47. The lowest BCUT2D eigenvalue weighted by molar-refractivity contribution is 0.177. The maximum Gasteiger partial charge on any atom is 0.191 e. The number of hydrogen-bond donors (Lipinski definition) is 2. The van der Waals surface area contributed by atoms with Crippen molar-refractivity contribution in [2.75, 3.05) is 20.3 Å². The van der Waals surface area contributed by atoms with Crippen LogP contribution in [0.5, 0.6) is 5.75 Å². The van der Waals surface area contributed by atoms with Gasteiger partial charge in [0.05, 0.1) is 19.7 Å². The van der Waals surface area contributed by atoms with Crippen LogP contribution >= 0.6 is 0 Å². The number of benzene rings is 1. The number of hydrogen-bond acceptors (Lipinski definition) is 5. The van der Waals surface area contributed by atoms with E-state index in [0.717, 1.165) is 74.3 Å². The highest BCUT2D eigenvalue weighted by atomic mass is 16.5. The van der Waals surface area contributed by atoms with E-state index in [2.05, 4.69) is 46.7 Å². The molecule has 30 heavy (non-hydrogen) atoms. The van der Waals surface area contributed by atoms with Gasteiger partial charge in [-0.2, -0.15) is 5.10 Å². The van der Waals surface area contributed by atoms with Crippen LogP contribution in [-0.4, -0.2) is 47.0 Å². The van der Waals surface area contributed by atoms with Gasteiger partial charge in [-0.05, 0) is 37.5 Å². The summed E-state index contributed by atoms with van der Waals surface area (Å²) in [5, 5.41) is 11.4. The van der Waals surface area contributed by atoms with Crippen molar-refractivity contribution < 1.29 is 9.47 Å². The van der Waals surface area contributed by atoms with Gasteiger partial charge in [-0.3, -0.25) is 0 Å². The zero-order valence-corrected chi connectivity index (χ0v) is 18.4. The molecule has 0 saturated carbocycles. The Balaban J connectivity index is 1.59. The molecular formula is C22H34N6O2. The van der Waals surface area contributed by atoms with Gasteiger partial charge in [0.1, 0.15) is 18.2 Å². The summed E-state index contributed by atoms with van der Waals surface area (Å²) in [7, 11) is 1.66. The average Bonchev–Trinajstić information content (AvgIpc) is 3.15. The summed E-state index contributed by atoms with van der Waals surface area (Å²) < 4.78 is 12.9. The van der Waals surface area contributed by atoms with Crippen molar-refractivity contribution in [1.82, 2.24) is 25.4 Å². The third-order valence-corrected chi connectivity index (χ3v) is 4.95. The van der Waals surface area contributed by atoms with E-state index >= 15 is 0 Å². The maximum atomic E-state index is 5.81. The average molecular weight is 415 g/mol. The molecule has 8 heteroatoms. The molecule has 0 radical (unpaired) electrons. The van der Waals surface area contributed by atoms with Gasteiger partial charge in [-0.1, -0.05) is 25.5 Å². The summed E-state index contributed by atoms with van der Waals surface area (Å²) in [6, 6.07) is 8.44. The van der Waals surface area contributed by atoms with Crippen molar-refractivity contribution in [1.29, 1.82) is 0 Å². The van der Waals surface area contributed by atoms with Crippen LogP contribution in [0.25, 0.3) is 0 Å². The van der Waals surface area contributed by atoms with Gasteiger partial charge in [-0.15, -0.1) is 0 Å². The molecule has 0 saturated heterocycles. The second kappa shape index (κ2) is 11.5. The number of guanidine groups is 1. The Hall–Kier alpha value is -2.61. The number of nitrogens with one attached hydrogen (secondary N) is 2. The van der Waals surface area contributed by atoms with Crippen molar-refractivity contribution in [3.8, 4) is 5.75 Å². The molecule has 0 bridgehead atoms. The fourth-order valence-corrected chi connectivity index (χ4v) is 3.42. The molecule has 2 heterocycles. The third-order valence-electron chi connectivity index (χ3n) is 4.95. The highest BCUT2D eigenvalue weighted by Crippen LogP contribution is 2.15. The Kier molecular flexibility index (Phi) is 8.50. The summed E-state index contributed by atoms with van der Waals surface area (Å²) in [5.74, 6) is 3.50. The molecule has 1 unspecified atom stereocenters. The van der Waals surface area contributed by atoms with Crippen LogP contribution in [0.1, 0.15) is 50.3 Å². The fraction of sp³-hybridized carbons (Fsp3) is 0.591. The minimum atomic E-state index is 0.260. The standard InChI is InChI=1S/C22H34N6O2/c1-4-6-12-30-19-9-7-8-17(13-19)14-24-22(23-5-2)25-18-10-11-21-26-20(16-29-3)27-28(21)15-18/h7-9,13,18H,4-6,10-12,14-16H2,1-3H3,(H2,23,24,25). The molecule has 1 aliphatic heterocycles. The van der Waals surface area contributed by atoms with Crippen LogP contribution in [-0.2, 0) is 30.9 Å². The first-order valence-electron chi connectivity index (χ1n) is 10.9. The first-order chi connectivity index (χ1) is 14.7. The van der Waals surface area contributed by atoms with Gasteiger partial charge in [0.2, 0.25) is 0 Å². The van der Waals surface area contributed by atoms with E-state index in [9.17, 15) is 0 Å². The van der Waals surface area contributed by atoms with Crippen LogP contribution in [0.4, 0.5) is 0 Å². The number of aliphatic imine (C=N–C) groups is 1. The number of methoxy groups -OCH3 is 1. The maximum absolute atomic E-state index is 5.81. The van der Waals surface area contributed by atoms with Gasteiger partial charge in [-0.25, -0.2) is 14.7 Å².